The maximum Gasteiger partial charge on any atom is 0.270 e. The van der Waals surface area contributed by atoms with Crippen molar-refractivity contribution in [1.82, 2.24) is 10.3 Å². The maximum atomic E-state index is 12.3. The van der Waals surface area contributed by atoms with E-state index in [1.807, 2.05) is 12.1 Å². The Balaban J connectivity index is 1.65. The van der Waals surface area contributed by atoms with Crippen molar-refractivity contribution >= 4 is 11.6 Å². The van der Waals surface area contributed by atoms with E-state index in [4.69, 9.17) is 4.74 Å². The number of nitrogens with one attached hydrogen (secondary N) is 1. The number of carbonyl (C=O) groups is 1. The zero-order chi connectivity index (χ0) is 14.7. The number of carbonyl (C=O) groups excluding carboxylic acids is 1. The number of nitrogens with zero attached hydrogens (tertiary/aromatic N) is 2. The van der Waals surface area contributed by atoms with Gasteiger partial charge in [-0.15, -0.1) is 0 Å². The van der Waals surface area contributed by atoms with Crippen molar-refractivity contribution in [3.8, 4) is 0 Å². The number of morpholine rings is 1. The van der Waals surface area contributed by atoms with Gasteiger partial charge in [-0.05, 0) is 37.8 Å². The lowest BCUT2D eigenvalue weighted by Gasteiger charge is -2.32. The quantitative estimate of drug-likeness (QED) is 0.919. The summed E-state index contributed by atoms with van der Waals surface area (Å²) in [5.74, 6) is 0.570. The van der Waals surface area contributed by atoms with E-state index in [0.717, 1.165) is 32.0 Å². The molecule has 0 bridgehead atoms. The van der Waals surface area contributed by atoms with Crippen LogP contribution in [0.25, 0.3) is 0 Å². The van der Waals surface area contributed by atoms with Gasteiger partial charge in [0.1, 0.15) is 5.69 Å². The molecule has 1 aliphatic heterocycles. The minimum absolute atomic E-state index is 0.0653. The molecule has 1 saturated heterocycles. The van der Waals surface area contributed by atoms with Crippen molar-refractivity contribution in [1.29, 1.82) is 0 Å². The molecule has 1 aliphatic carbocycles. The van der Waals surface area contributed by atoms with E-state index in [2.05, 4.69) is 22.1 Å². The average molecular weight is 289 g/mol. The molecule has 1 N–H and O–H groups in total. The van der Waals surface area contributed by atoms with E-state index >= 15 is 0 Å². The van der Waals surface area contributed by atoms with Crippen molar-refractivity contribution in [3.05, 3.63) is 24.0 Å². The van der Waals surface area contributed by atoms with E-state index in [-0.39, 0.29) is 11.9 Å². The van der Waals surface area contributed by atoms with Gasteiger partial charge in [0.2, 0.25) is 0 Å². The van der Waals surface area contributed by atoms with Gasteiger partial charge in [0.25, 0.3) is 5.91 Å². The fraction of sp³-hybridized carbons (Fsp3) is 0.625. The number of rotatable bonds is 4. The summed E-state index contributed by atoms with van der Waals surface area (Å²) < 4.78 is 5.36. The van der Waals surface area contributed by atoms with E-state index in [0.29, 0.717) is 11.6 Å². The second-order valence-corrected chi connectivity index (χ2v) is 5.95. The third-order valence-corrected chi connectivity index (χ3v) is 4.57. The van der Waals surface area contributed by atoms with Crippen LogP contribution in [0.5, 0.6) is 0 Å². The fourth-order valence-electron chi connectivity index (χ4n) is 2.90. The zero-order valence-corrected chi connectivity index (χ0v) is 12.5. The molecular weight excluding hydrogens is 266 g/mol. The molecule has 0 spiro atoms. The molecule has 1 atom stereocenters. The van der Waals surface area contributed by atoms with Gasteiger partial charge in [-0.2, -0.15) is 0 Å². The lowest BCUT2D eigenvalue weighted by atomic mass is 9.80. The predicted octanol–water partition coefficient (Wildman–Crippen LogP) is 1.84. The van der Waals surface area contributed by atoms with Crippen molar-refractivity contribution in [3.63, 3.8) is 0 Å². The van der Waals surface area contributed by atoms with Gasteiger partial charge in [-0.25, -0.2) is 0 Å². The highest BCUT2D eigenvalue weighted by molar-refractivity contribution is 5.93. The summed E-state index contributed by atoms with van der Waals surface area (Å²) in [6.07, 6.45) is 5.45. The number of pyridine rings is 1. The summed E-state index contributed by atoms with van der Waals surface area (Å²) in [6, 6.07) is 4.08. The molecule has 1 amide bonds. The minimum Gasteiger partial charge on any atom is -0.378 e. The molecule has 3 rings (SSSR count). The first-order chi connectivity index (χ1) is 10.2. The topological polar surface area (TPSA) is 54.5 Å². The number of hydrogen-bond acceptors (Lipinski definition) is 4. The highest BCUT2D eigenvalue weighted by Gasteiger charge is 2.25. The first kappa shape index (κ1) is 14.3. The van der Waals surface area contributed by atoms with E-state index in [9.17, 15) is 4.79 Å². The van der Waals surface area contributed by atoms with Gasteiger partial charge in [-0.1, -0.05) is 6.42 Å². The van der Waals surface area contributed by atoms with Crippen LogP contribution < -0.4 is 10.2 Å². The van der Waals surface area contributed by atoms with Gasteiger partial charge in [-0.3, -0.25) is 9.78 Å². The average Bonchev–Trinajstić information content (AvgIpc) is 2.46. The first-order valence-electron chi connectivity index (χ1n) is 7.83. The van der Waals surface area contributed by atoms with E-state index in [1.54, 1.807) is 6.20 Å². The second-order valence-electron chi connectivity index (χ2n) is 5.95. The third-order valence-electron chi connectivity index (χ3n) is 4.57. The van der Waals surface area contributed by atoms with Gasteiger partial charge in [0, 0.05) is 31.0 Å². The molecule has 5 heteroatoms. The number of ether oxygens (including phenoxy) is 1. The van der Waals surface area contributed by atoms with Crippen LogP contribution in [0.15, 0.2) is 18.3 Å². The zero-order valence-electron chi connectivity index (χ0n) is 12.5. The molecule has 1 aromatic heterocycles. The monoisotopic (exact) mass is 289 g/mol. The Hall–Kier alpha value is -1.62. The Morgan fingerprint density at radius 1 is 1.43 bits per heavy atom. The number of amides is 1. The number of aromatic nitrogens is 1. The highest BCUT2D eigenvalue weighted by atomic mass is 16.5. The van der Waals surface area contributed by atoms with Crippen molar-refractivity contribution in [2.45, 2.75) is 32.2 Å². The Kier molecular flexibility index (Phi) is 4.39. The summed E-state index contributed by atoms with van der Waals surface area (Å²) in [4.78, 5) is 18.8. The largest absolute Gasteiger partial charge is 0.378 e. The second kappa shape index (κ2) is 6.43. The first-order valence-corrected chi connectivity index (χ1v) is 7.83. The van der Waals surface area contributed by atoms with Crippen LogP contribution in [0.1, 0.15) is 36.7 Å². The Morgan fingerprint density at radius 3 is 2.86 bits per heavy atom. The summed E-state index contributed by atoms with van der Waals surface area (Å²) in [5, 5.41) is 3.08. The third kappa shape index (κ3) is 3.35. The van der Waals surface area contributed by atoms with Crippen LogP contribution >= 0.6 is 0 Å². The number of hydrogen-bond donors (Lipinski definition) is 1. The normalized spacial score (nSPS) is 20.7. The van der Waals surface area contributed by atoms with Crippen LogP contribution in [0.3, 0.4) is 0 Å². The van der Waals surface area contributed by atoms with Gasteiger partial charge in [0.05, 0.1) is 13.2 Å². The van der Waals surface area contributed by atoms with Gasteiger partial charge in [0.15, 0.2) is 0 Å². The lowest BCUT2D eigenvalue weighted by molar-refractivity contribution is 0.0904. The van der Waals surface area contributed by atoms with Gasteiger partial charge >= 0.3 is 0 Å². The molecule has 5 nitrogen and oxygen atoms in total. The summed E-state index contributed by atoms with van der Waals surface area (Å²) in [7, 11) is 0. The molecular formula is C16H23N3O2. The molecule has 0 unspecified atom stereocenters. The van der Waals surface area contributed by atoms with Crippen molar-refractivity contribution in [2.24, 2.45) is 5.92 Å². The van der Waals surface area contributed by atoms with Crippen LogP contribution in [0.4, 0.5) is 5.69 Å². The molecule has 114 valence electrons. The van der Waals surface area contributed by atoms with Crippen LogP contribution in [-0.4, -0.2) is 43.2 Å². The van der Waals surface area contributed by atoms with Crippen LogP contribution in [0.2, 0.25) is 0 Å². The maximum absolute atomic E-state index is 12.3. The predicted molar refractivity (Wildman–Crippen MR) is 81.5 cm³/mol. The number of anilines is 1. The fourth-order valence-corrected chi connectivity index (χ4v) is 2.90. The standard InChI is InChI=1S/C16H23N3O2/c1-12(13-3-2-4-13)18-16(20)15-11-14(5-6-17-15)19-7-9-21-10-8-19/h5-6,11-13H,2-4,7-10H2,1H3,(H,18,20)/t12-/m0/s1. The SMILES string of the molecule is C[C@H](NC(=O)c1cc(N2CCOCC2)ccn1)C1CCC1. The van der Waals surface area contributed by atoms with Crippen LogP contribution in [-0.2, 0) is 4.74 Å². The molecule has 1 aromatic rings. The van der Waals surface area contributed by atoms with Crippen molar-refractivity contribution in [2.75, 3.05) is 31.2 Å². The summed E-state index contributed by atoms with van der Waals surface area (Å²) in [6.45, 7) is 5.30. The highest BCUT2D eigenvalue weighted by Crippen LogP contribution is 2.29. The summed E-state index contributed by atoms with van der Waals surface area (Å²) in [5.41, 5.74) is 1.56. The van der Waals surface area contributed by atoms with E-state index < -0.39 is 0 Å². The Morgan fingerprint density at radius 2 is 2.19 bits per heavy atom. The smallest absolute Gasteiger partial charge is 0.270 e. The molecule has 0 aromatic carbocycles. The van der Waals surface area contributed by atoms with Gasteiger partial charge < -0.3 is 15.0 Å². The summed E-state index contributed by atoms with van der Waals surface area (Å²) >= 11 is 0. The molecule has 2 heterocycles. The minimum atomic E-state index is -0.0653. The molecule has 21 heavy (non-hydrogen) atoms. The molecule has 1 saturated carbocycles. The molecule has 0 radical (unpaired) electrons. The van der Waals surface area contributed by atoms with E-state index in [1.165, 1.54) is 19.3 Å². The Bertz CT molecular complexity index is 496. The van der Waals surface area contributed by atoms with Crippen LogP contribution in [0, 0.1) is 5.92 Å². The lowest BCUT2D eigenvalue weighted by Crippen LogP contribution is -2.41. The molecule has 2 fully saturated rings. The Labute approximate surface area is 125 Å². The van der Waals surface area contributed by atoms with Crippen molar-refractivity contribution < 1.29 is 9.53 Å². The molecule has 2 aliphatic rings.